The highest BCUT2D eigenvalue weighted by atomic mass is 79.9. The molecule has 4 heteroatoms. The van der Waals surface area contributed by atoms with Crippen LogP contribution in [0.2, 0.25) is 0 Å². The van der Waals surface area contributed by atoms with Gasteiger partial charge in [0, 0.05) is 25.7 Å². The lowest BCUT2D eigenvalue weighted by Gasteiger charge is -2.16. The van der Waals surface area contributed by atoms with E-state index in [1.165, 1.54) is 18.9 Å². The van der Waals surface area contributed by atoms with Gasteiger partial charge in [-0.05, 0) is 47.4 Å². The van der Waals surface area contributed by atoms with Crippen molar-refractivity contribution in [2.45, 2.75) is 25.4 Å². The Morgan fingerprint density at radius 2 is 2.24 bits per heavy atom. The molecule has 0 atom stereocenters. The summed E-state index contributed by atoms with van der Waals surface area (Å²) >= 11 is 3.27. The molecule has 0 spiro atoms. The average Bonchev–Trinajstić information content (AvgIpc) is 3.13. The fourth-order valence-electron chi connectivity index (χ4n) is 1.86. The average molecular weight is 301 g/mol. The van der Waals surface area contributed by atoms with E-state index in [2.05, 4.69) is 33.2 Å². The molecular formula is C13H18BrFN2. The van der Waals surface area contributed by atoms with Crippen LogP contribution in [0.1, 0.15) is 18.4 Å². The summed E-state index contributed by atoms with van der Waals surface area (Å²) in [7, 11) is 2.16. The van der Waals surface area contributed by atoms with E-state index in [-0.39, 0.29) is 5.82 Å². The van der Waals surface area contributed by atoms with Crippen molar-refractivity contribution in [3.63, 3.8) is 0 Å². The van der Waals surface area contributed by atoms with E-state index in [0.29, 0.717) is 11.0 Å². The van der Waals surface area contributed by atoms with Crippen LogP contribution >= 0.6 is 15.9 Å². The molecule has 0 amide bonds. The molecule has 1 aromatic rings. The molecule has 1 N–H and O–H groups in total. The molecule has 2 nitrogen and oxygen atoms in total. The van der Waals surface area contributed by atoms with Crippen LogP contribution in [0.3, 0.4) is 0 Å². The predicted molar refractivity (Wildman–Crippen MR) is 71.5 cm³/mol. The number of hydrogen-bond donors (Lipinski definition) is 1. The third-order valence-corrected chi connectivity index (χ3v) is 4.05. The second-order valence-corrected chi connectivity index (χ2v) is 5.39. The summed E-state index contributed by atoms with van der Waals surface area (Å²) in [5.74, 6) is -0.195. The third-order valence-electron chi connectivity index (χ3n) is 3.16. The van der Waals surface area contributed by atoms with Gasteiger partial charge in [0.25, 0.3) is 0 Å². The van der Waals surface area contributed by atoms with Gasteiger partial charge in [0.15, 0.2) is 0 Å². The van der Waals surface area contributed by atoms with Crippen LogP contribution in [0.25, 0.3) is 0 Å². The van der Waals surface area contributed by atoms with Crippen molar-refractivity contribution in [1.82, 2.24) is 10.2 Å². The Kier molecular flexibility index (Phi) is 4.54. The highest BCUT2D eigenvalue weighted by Crippen LogP contribution is 2.24. The molecule has 1 aliphatic rings. The summed E-state index contributed by atoms with van der Waals surface area (Å²) in [6.45, 7) is 2.70. The molecule has 1 aliphatic carbocycles. The summed E-state index contributed by atoms with van der Waals surface area (Å²) in [6.07, 6.45) is 2.68. The van der Waals surface area contributed by atoms with Gasteiger partial charge in [-0.1, -0.05) is 12.1 Å². The number of nitrogens with one attached hydrogen (secondary N) is 1. The Hall–Kier alpha value is -0.450. The lowest BCUT2D eigenvalue weighted by molar-refractivity contribution is 0.321. The van der Waals surface area contributed by atoms with Crippen molar-refractivity contribution < 1.29 is 4.39 Å². The van der Waals surface area contributed by atoms with E-state index in [4.69, 9.17) is 0 Å². The predicted octanol–water partition coefficient (Wildman–Crippen LogP) is 2.77. The molecule has 1 fully saturated rings. The minimum atomic E-state index is -0.195. The summed E-state index contributed by atoms with van der Waals surface area (Å²) in [5.41, 5.74) is 0.971. The standard InChI is InChI=1S/C13H18BrFN2/c1-17(11-5-6-11)8-7-16-9-10-3-2-4-12(15)13(10)14/h2-4,11,16H,5-9H2,1H3. The fourth-order valence-corrected chi connectivity index (χ4v) is 2.27. The molecule has 0 unspecified atom stereocenters. The Bertz CT molecular complexity index is 380. The Morgan fingerprint density at radius 3 is 2.94 bits per heavy atom. The van der Waals surface area contributed by atoms with Gasteiger partial charge >= 0.3 is 0 Å². The number of hydrogen-bond acceptors (Lipinski definition) is 2. The van der Waals surface area contributed by atoms with Crippen LogP contribution in [-0.2, 0) is 6.54 Å². The van der Waals surface area contributed by atoms with Gasteiger partial charge in [0.1, 0.15) is 5.82 Å². The van der Waals surface area contributed by atoms with E-state index < -0.39 is 0 Å². The molecule has 94 valence electrons. The van der Waals surface area contributed by atoms with Crippen molar-refractivity contribution in [2.75, 3.05) is 20.1 Å². The van der Waals surface area contributed by atoms with Crippen molar-refractivity contribution in [3.05, 3.63) is 34.1 Å². The minimum absolute atomic E-state index is 0.195. The summed E-state index contributed by atoms with van der Waals surface area (Å²) < 4.78 is 13.8. The van der Waals surface area contributed by atoms with Crippen molar-refractivity contribution in [2.24, 2.45) is 0 Å². The maximum atomic E-state index is 13.2. The van der Waals surface area contributed by atoms with Gasteiger partial charge in [-0.25, -0.2) is 4.39 Å². The Labute approximate surface area is 110 Å². The van der Waals surface area contributed by atoms with E-state index >= 15 is 0 Å². The highest BCUT2D eigenvalue weighted by Gasteiger charge is 2.25. The maximum Gasteiger partial charge on any atom is 0.137 e. The Balaban J connectivity index is 1.72. The van der Waals surface area contributed by atoms with Crippen LogP contribution in [0.5, 0.6) is 0 Å². The quantitative estimate of drug-likeness (QED) is 0.813. The van der Waals surface area contributed by atoms with Gasteiger partial charge < -0.3 is 10.2 Å². The summed E-state index contributed by atoms with van der Waals surface area (Å²) in [4.78, 5) is 2.38. The van der Waals surface area contributed by atoms with Crippen LogP contribution < -0.4 is 5.32 Å². The van der Waals surface area contributed by atoms with Gasteiger partial charge in [0.05, 0.1) is 4.47 Å². The second-order valence-electron chi connectivity index (χ2n) is 4.60. The molecule has 1 saturated carbocycles. The normalized spacial score (nSPS) is 15.5. The molecular weight excluding hydrogens is 283 g/mol. The van der Waals surface area contributed by atoms with Crippen molar-refractivity contribution >= 4 is 15.9 Å². The fraction of sp³-hybridized carbons (Fsp3) is 0.538. The van der Waals surface area contributed by atoms with Crippen LogP contribution in [-0.4, -0.2) is 31.1 Å². The monoisotopic (exact) mass is 300 g/mol. The van der Waals surface area contributed by atoms with E-state index in [0.717, 1.165) is 24.7 Å². The first-order valence-corrected chi connectivity index (χ1v) is 6.81. The van der Waals surface area contributed by atoms with Gasteiger partial charge in [-0.3, -0.25) is 0 Å². The number of halogens is 2. The van der Waals surface area contributed by atoms with E-state index in [1.54, 1.807) is 6.07 Å². The first-order valence-electron chi connectivity index (χ1n) is 6.02. The van der Waals surface area contributed by atoms with E-state index in [1.807, 2.05) is 6.07 Å². The molecule has 0 bridgehead atoms. The minimum Gasteiger partial charge on any atom is -0.311 e. The molecule has 17 heavy (non-hydrogen) atoms. The van der Waals surface area contributed by atoms with E-state index in [9.17, 15) is 4.39 Å². The molecule has 0 heterocycles. The highest BCUT2D eigenvalue weighted by molar-refractivity contribution is 9.10. The zero-order valence-electron chi connectivity index (χ0n) is 10.0. The van der Waals surface area contributed by atoms with Crippen molar-refractivity contribution in [1.29, 1.82) is 0 Å². The smallest absolute Gasteiger partial charge is 0.137 e. The second kappa shape index (κ2) is 5.94. The Morgan fingerprint density at radius 1 is 1.47 bits per heavy atom. The molecule has 0 radical (unpaired) electrons. The number of nitrogens with zero attached hydrogens (tertiary/aromatic N) is 1. The zero-order chi connectivity index (χ0) is 12.3. The van der Waals surface area contributed by atoms with Crippen LogP contribution in [0, 0.1) is 5.82 Å². The SMILES string of the molecule is CN(CCNCc1cccc(F)c1Br)C1CC1. The maximum absolute atomic E-state index is 13.2. The summed E-state index contributed by atoms with van der Waals surface area (Å²) in [6, 6.07) is 5.95. The molecule has 0 aromatic heterocycles. The van der Waals surface area contributed by atoms with Crippen LogP contribution in [0.15, 0.2) is 22.7 Å². The number of rotatable bonds is 6. The number of likely N-dealkylation sites (N-methyl/N-ethyl adjacent to an activating group) is 1. The third kappa shape index (κ3) is 3.76. The topological polar surface area (TPSA) is 15.3 Å². The lowest BCUT2D eigenvalue weighted by atomic mass is 10.2. The number of benzene rings is 1. The molecule has 0 saturated heterocycles. The van der Waals surface area contributed by atoms with Gasteiger partial charge in [0.2, 0.25) is 0 Å². The molecule has 2 rings (SSSR count). The molecule has 0 aliphatic heterocycles. The first kappa shape index (κ1) is 13.0. The van der Waals surface area contributed by atoms with Gasteiger partial charge in [-0.2, -0.15) is 0 Å². The van der Waals surface area contributed by atoms with Gasteiger partial charge in [-0.15, -0.1) is 0 Å². The van der Waals surface area contributed by atoms with Crippen molar-refractivity contribution in [3.8, 4) is 0 Å². The molecule has 1 aromatic carbocycles. The lowest BCUT2D eigenvalue weighted by Crippen LogP contribution is -2.30. The van der Waals surface area contributed by atoms with Crippen LogP contribution in [0.4, 0.5) is 4.39 Å². The summed E-state index contributed by atoms with van der Waals surface area (Å²) in [5, 5.41) is 3.34. The largest absolute Gasteiger partial charge is 0.311 e. The first-order chi connectivity index (χ1) is 8.18. The zero-order valence-corrected chi connectivity index (χ0v) is 11.6.